The molecule has 0 bridgehead atoms. The number of halogens is 1. The lowest BCUT2D eigenvalue weighted by molar-refractivity contribution is 0.592. The first-order chi connectivity index (χ1) is 9.50. The molecule has 0 aromatic heterocycles. The van der Waals surface area contributed by atoms with Gasteiger partial charge in [-0.15, -0.1) is 0 Å². The molecule has 0 saturated carbocycles. The first kappa shape index (κ1) is 13.5. The fourth-order valence-electron chi connectivity index (χ4n) is 2.41. The Bertz CT molecular complexity index is 774. The summed E-state index contributed by atoms with van der Waals surface area (Å²) in [7, 11) is -3.63. The van der Waals surface area contributed by atoms with Crippen molar-refractivity contribution < 1.29 is 8.42 Å². The minimum Gasteiger partial charge on any atom is -0.398 e. The average Bonchev–Trinajstić information content (AvgIpc) is 2.86. The number of benzene rings is 2. The number of nitrogens with zero attached hydrogens (tertiary/aromatic N) is 1. The van der Waals surface area contributed by atoms with Gasteiger partial charge in [-0.05, 0) is 36.2 Å². The third kappa shape index (κ3) is 2.09. The zero-order chi connectivity index (χ0) is 14.3. The number of sulfonamides is 1. The van der Waals surface area contributed by atoms with E-state index < -0.39 is 10.0 Å². The van der Waals surface area contributed by atoms with Crippen molar-refractivity contribution in [3.8, 4) is 0 Å². The molecule has 1 aliphatic rings. The number of nitrogen functional groups attached to an aromatic ring is 1. The standard InChI is InChI=1S/C14H13BrN2O2S/c15-11-5-6-12(16)14(9-11)20(18,19)17-8-7-10-3-1-2-4-13(10)17/h1-6,9H,7-8,16H2. The Morgan fingerprint density at radius 3 is 2.70 bits per heavy atom. The molecule has 1 aliphatic heterocycles. The van der Waals surface area contributed by atoms with Gasteiger partial charge in [-0.1, -0.05) is 34.1 Å². The van der Waals surface area contributed by atoms with E-state index in [1.165, 1.54) is 4.31 Å². The van der Waals surface area contributed by atoms with Crippen LogP contribution in [0.25, 0.3) is 0 Å². The summed E-state index contributed by atoms with van der Waals surface area (Å²) in [5.41, 5.74) is 7.89. The molecule has 2 aromatic carbocycles. The second-order valence-corrected chi connectivity index (χ2v) is 7.38. The van der Waals surface area contributed by atoms with Crippen molar-refractivity contribution in [2.45, 2.75) is 11.3 Å². The molecule has 0 aliphatic carbocycles. The van der Waals surface area contributed by atoms with Crippen molar-refractivity contribution in [3.63, 3.8) is 0 Å². The number of anilines is 2. The minimum absolute atomic E-state index is 0.142. The van der Waals surface area contributed by atoms with Crippen LogP contribution in [0.2, 0.25) is 0 Å². The van der Waals surface area contributed by atoms with Crippen LogP contribution in [0.5, 0.6) is 0 Å². The Morgan fingerprint density at radius 2 is 1.90 bits per heavy atom. The highest BCUT2D eigenvalue weighted by Crippen LogP contribution is 2.34. The Labute approximate surface area is 126 Å². The van der Waals surface area contributed by atoms with Gasteiger partial charge in [0.25, 0.3) is 10.0 Å². The zero-order valence-corrected chi connectivity index (χ0v) is 13.0. The summed E-state index contributed by atoms with van der Waals surface area (Å²) in [6, 6.07) is 12.4. The molecule has 0 fully saturated rings. The van der Waals surface area contributed by atoms with Gasteiger partial charge in [0.2, 0.25) is 0 Å². The predicted molar refractivity (Wildman–Crippen MR) is 83.2 cm³/mol. The van der Waals surface area contributed by atoms with E-state index in [-0.39, 0.29) is 10.6 Å². The fraction of sp³-hybridized carbons (Fsp3) is 0.143. The van der Waals surface area contributed by atoms with Crippen LogP contribution in [0.1, 0.15) is 5.56 Å². The van der Waals surface area contributed by atoms with E-state index in [0.717, 1.165) is 17.7 Å². The summed E-state index contributed by atoms with van der Waals surface area (Å²) < 4.78 is 27.7. The summed E-state index contributed by atoms with van der Waals surface area (Å²) in [5.74, 6) is 0. The molecule has 104 valence electrons. The Balaban J connectivity index is 2.13. The zero-order valence-electron chi connectivity index (χ0n) is 10.6. The molecule has 1 heterocycles. The van der Waals surface area contributed by atoms with E-state index in [1.54, 1.807) is 18.2 Å². The van der Waals surface area contributed by atoms with Crippen LogP contribution < -0.4 is 10.0 Å². The van der Waals surface area contributed by atoms with Crippen molar-refractivity contribution in [2.24, 2.45) is 0 Å². The quantitative estimate of drug-likeness (QED) is 0.845. The first-order valence-electron chi connectivity index (χ1n) is 6.16. The average molecular weight is 353 g/mol. The van der Waals surface area contributed by atoms with Gasteiger partial charge in [0.1, 0.15) is 4.90 Å². The van der Waals surface area contributed by atoms with Crippen molar-refractivity contribution in [1.29, 1.82) is 0 Å². The third-order valence-corrected chi connectivity index (χ3v) is 5.75. The molecule has 6 heteroatoms. The highest BCUT2D eigenvalue weighted by Gasteiger charge is 2.31. The third-order valence-electron chi connectivity index (χ3n) is 3.39. The highest BCUT2D eigenvalue weighted by atomic mass is 79.9. The van der Waals surface area contributed by atoms with Crippen molar-refractivity contribution in [1.82, 2.24) is 0 Å². The molecule has 0 saturated heterocycles. The topological polar surface area (TPSA) is 63.4 Å². The Hall–Kier alpha value is -1.53. The molecule has 0 unspecified atom stereocenters. The number of nitrogens with two attached hydrogens (primary N) is 1. The lowest BCUT2D eigenvalue weighted by atomic mass is 10.2. The lowest BCUT2D eigenvalue weighted by Crippen LogP contribution is -2.29. The maximum absolute atomic E-state index is 12.8. The normalized spacial score (nSPS) is 14.3. The van der Waals surface area contributed by atoms with Gasteiger partial charge in [0.15, 0.2) is 0 Å². The van der Waals surface area contributed by atoms with Gasteiger partial charge in [0.05, 0.1) is 11.4 Å². The number of fused-ring (bicyclic) bond motifs is 1. The van der Waals surface area contributed by atoms with Crippen LogP contribution in [0.4, 0.5) is 11.4 Å². The van der Waals surface area contributed by atoms with Gasteiger partial charge in [0, 0.05) is 11.0 Å². The highest BCUT2D eigenvalue weighted by molar-refractivity contribution is 9.10. The van der Waals surface area contributed by atoms with E-state index in [9.17, 15) is 8.42 Å². The monoisotopic (exact) mass is 352 g/mol. The summed E-state index contributed by atoms with van der Waals surface area (Å²) in [6.45, 7) is 0.452. The van der Waals surface area contributed by atoms with Crippen LogP contribution in [0.15, 0.2) is 51.8 Å². The largest absolute Gasteiger partial charge is 0.398 e. The first-order valence-corrected chi connectivity index (χ1v) is 8.39. The Morgan fingerprint density at radius 1 is 1.15 bits per heavy atom. The summed E-state index contributed by atoms with van der Waals surface area (Å²) in [5, 5.41) is 0. The maximum atomic E-state index is 12.8. The molecule has 0 radical (unpaired) electrons. The summed E-state index contributed by atoms with van der Waals surface area (Å²) in [4.78, 5) is 0.142. The number of hydrogen-bond donors (Lipinski definition) is 1. The van der Waals surface area contributed by atoms with Crippen LogP contribution in [0.3, 0.4) is 0 Å². The van der Waals surface area contributed by atoms with Crippen LogP contribution in [0, 0.1) is 0 Å². The molecule has 2 N–H and O–H groups in total. The smallest absolute Gasteiger partial charge is 0.266 e. The molecule has 0 spiro atoms. The SMILES string of the molecule is Nc1ccc(Br)cc1S(=O)(=O)N1CCc2ccccc21. The lowest BCUT2D eigenvalue weighted by Gasteiger charge is -2.20. The molecule has 20 heavy (non-hydrogen) atoms. The van der Waals surface area contributed by atoms with Crippen LogP contribution in [-0.2, 0) is 16.4 Å². The molecular formula is C14H13BrN2O2S. The van der Waals surface area contributed by atoms with Gasteiger partial charge in [-0.25, -0.2) is 8.42 Å². The van der Waals surface area contributed by atoms with E-state index in [1.807, 2.05) is 24.3 Å². The number of rotatable bonds is 2. The van der Waals surface area contributed by atoms with Gasteiger partial charge in [-0.3, -0.25) is 4.31 Å². The van der Waals surface area contributed by atoms with E-state index >= 15 is 0 Å². The van der Waals surface area contributed by atoms with Crippen molar-refractivity contribution in [2.75, 3.05) is 16.6 Å². The number of para-hydroxylation sites is 1. The van der Waals surface area contributed by atoms with Gasteiger partial charge < -0.3 is 5.73 Å². The van der Waals surface area contributed by atoms with Gasteiger partial charge in [-0.2, -0.15) is 0 Å². The molecule has 0 amide bonds. The van der Waals surface area contributed by atoms with Crippen molar-refractivity contribution >= 4 is 37.3 Å². The van der Waals surface area contributed by atoms with Crippen LogP contribution in [-0.4, -0.2) is 15.0 Å². The number of hydrogen-bond acceptors (Lipinski definition) is 3. The molecule has 4 nitrogen and oxygen atoms in total. The summed E-state index contributed by atoms with van der Waals surface area (Å²) in [6.07, 6.45) is 0.726. The predicted octanol–water partition coefficient (Wildman–Crippen LogP) is 2.78. The molecule has 2 aromatic rings. The molecule has 3 rings (SSSR count). The van der Waals surface area contributed by atoms with Gasteiger partial charge >= 0.3 is 0 Å². The van der Waals surface area contributed by atoms with E-state index in [4.69, 9.17) is 5.73 Å². The van der Waals surface area contributed by atoms with Crippen LogP contribution >= 0.6 is 15.9 Å². The minimum atomic E-state index is -3.63. The molecule has 0 atom stereocenters. The fourth-order valence-corrected chi connectivity index (χ4v) is 4.57. The second-order valence-electron chi connectivity index (χ2n) is 4.64. The second kappa shape index (κ2) is 4.79. The Kier molecular flexibility index (Phi) is 3.22. The van der Waals surface area contributed by atoms with E-state index in [2.05, 4.69) is 15.9 Å². The van der Waals surface area contributed by atoms with Crippen molar-refractivity contribution in [3.05, 3.63) is 52.5 Å². The summed E-state index contributed by atoms with van der Waals surface area (Å²) >= 11 is 3.29. The molecular weight excluding hydrogens is 340 g/mol. The maximum Gasteiger partial charge on any atom is 0.266 e. The van der Waals surface area contributed by atoms with E-state index in [0.29, 0.717) is 11.0 Å².